The van der Waals surface area contributed by atoms with E-state index in [4.69, 9.17) is 0 Å². The Morgan fingerprint density at radius 1 is 1.29 bits per heavy atom. The monoisotopic (exact) mass is 379 g/mol. The van der Waals surface area contributed by atoms with Gasteiger partial charge in [0.2, 0.25) is 5.95 Å². The number of aromatic nitrogens is 4. The second kappa shape index (κ2) is 7.34. The summed E-state index contributed by atoms with van der Waals surface area (Å²) >= 11 is 0. The molecule has 6 heteroatoms. The van der Waals surface area contributed by atoms with Crippen LogP contribution in [0.1, 0.15) is 62.6 Å². The first-order valence-corrected chi connectivity index (χ1v) is 9.97. The largest absolute Gasteiger partial charge is 0.351 e. The first kappa shape index (κ1) is 18.6. The molecule has 1 aliphatic rings. The number of nitrogens with one attached hydrogen (secondary N) is 2. The smallest absolute Gasteiger partial charge is 0.224 e. The van der Waals surface area contributed by atoms with Gasteiger partial charge in [-0.2, -0.15) is 4.98 Å². The van der Waals surface area contributed by atoms with Gasteiger partial charge in [0.15, 0.2) is 0 Å². The van der Waals surface area contributed by atoms with E-state index in [2.05, 4.69) is 44.3 Å². The van der Waals surface area contributed by atoms with E-state index in [0.29, 0.717) is 24.7 Å². The number of aromatic amines is 1. The number of pyridine rings is 1. The molecule has 0 saturated carbocycles. The average Bonchev–Trinajstić information content (AvgIpc) is 3.27. The van der Waals surface area contributed by atoms with Crippen LogP contribution in [-0.4, -0.2) is 32.1 Å². The number of hydrogen-bond acceptors (Lipinski definition) is 4. The van der Waals surface area contributed by atoms with E-state index in [-0.39, 0.29) is 6.54 Å². The highest BCUT2D eigenvalue weighted by Crippen LogP contribution is 2.42. The normalized spacial score (nSPS) is 18.0. The lowest BCUT2D eigenvalue weighted by molar-refractivity contribution is 0.158. The summed E-state index contributed by atoms with van der Waals surface area (Å²) in [5.74, 6) is 0.744. The zero-order valence-electron chi connectivity index (χ0n) is 16.6. The van der Waals surface area contributed by atoms with Crippen molar-refractivity contribution in [3.05, 3.63) is 47.5 Å². The van der Waals surface area contributed by atoms with E-state index in [1.54, 1.807) is 0 Å². The Bertz CT molecular complexity index is 1020. The number of halogens is 1. The number of hydrogen-bond donors (Lipinski definition) is 2. The highest BCUT2D eigenvalue weighted by Gasteiger charge is 2.27. The van der Waals surface area contributed by atoms with Gasteiger partial charge in [-0.1, -0.05) is 27.2 Å². The molecule has 0 radical (unpaired) electrons. The minimum Gasteiger partial charge on any atom is -0.351 e. The summed E-state index contributed by atoms with van der Waals surface area (Å²) in [5, 5.41) is 4.05. The highest BCUT2D eigenvalue weighted by molar-refractivity contribution is 6.00. The number of rotatable bonds is 7. The second-order valence-electron chi connectivity index (χ2n) is 7.59. The van der Waals surface area contributed by atoms with E-state index >= 15 is 0 Å². The first-order chi connectivity index (χ1) is 13.5. The summed E-state index contributed by atoms with van der Waals surface area (Å²) in [7, 11) is 0. The van der Waals surface area contributed by atoms with Crippen molar-refractivity contribution in [2.75, 3.05) is 11.9 Å². The van der Waals surface area contributed by atoms with E-state index in [1.807, 2.05) is 38.6 Å². The zero-order valence-corrected chi connectivity index (χ0v) is 16.6. The van der Waals surface area contributed by atoms with Crippen molar-refractivity contribution in [2.45, 2.75) is 51.6 Å². The van der Waals surface area contributed by atoms with Gasteiger partial charge in [-0.3, -0.25) is 4.98 Å². The fourth-order valence-electron chi connectivity index (χ4n) is 4.01. The van der Waals surface area contributed by atoms with Crippen molar-refractivity contribution in [3.8, 4) is 0 Å². The number of alkyl halides is 1. The van der Waals surface area contributed by atoms with Crippen molar-refractivity contribution in [2.24, 2.45) is 0 Å². The minimum absolute atomic E-state index is 0.223. The number of anilines is 1. The van der Waals surface area contributed by atoms with Gasteiger partial charge < -0.3 is 10.3 Å². The number of nitrogens with zero attached hydrogens (tertiary/aromatic N) is 3. The molecule has 0 aromatic carbocycles. The minimum atomic E-state index is -1.22. The molecule has 0 aliphatic heterocycles. The third-order valence-corrected chi connectivity index (χ3v) is 5.77. The predicted molar refractivity (Wildman–Crippen MR) is 112 cm³/mol. The maximum Gasteiger partial charge on any atom is 0.224 e. The van der Waals surface area contributed by atoms with Gasteiger partial charge in [-0.25, -0.2) is 9.37 Å². The molecular formula is C22H26FN5. The van der Waals surface area contributed by atoms with Gasteiger partial charge in [0, 0.05) is 41.7 Å². The molecule has 2 N–H and O–H groups in total. The number of fused-ring (bicyclic) bond motifs is 2. The van der Waals surface area contributed by atoms with Crippen LogP contribution in [0.25, 0.3) is 22.7 Å². The quantitative estimate of drug-likeness (QED) is 0.581. The summed E-state index contributed by atoms with van der Waals surface area (Å²) in [5.41, 5.74) is 4.31. The molecule has 28 heavy (non-hydrogen) atoms. The van der Waals surface area contributed by atoms with Crippen LogP contribution in [0.4, 0.5) is 10.3 Å². The van der Waals surface area contributed by atoms with E-state index in [1.165, 1.54) is 11.1 Å². The Kier molecular flexibility index (Phi) is 4.87. The summed E-state index contributed by atoms with van der Waals surface area (Å²) in [6.45, 7) is 6.30. The van der Waals surface area contributed by atoms with Crippen LogP contribution >= 0.6 is 0 Å². The molecule has 3 heterocycles. The Balaban J connectivity index is 1.58. The molecule has 0 spiro atoms. The van der Waals surface area contributed by atoms with Crippen molar-refractivity contribution in [3.63, 3.8) is 0 Å². The summed E-state index contributed by atoms with van der Waals surface area (Å²) in [6, 6.07) is 2.07. The van der Waals surface area contributed by atoms with Crippen LogP contribution in [0, 0.1) is 0 Å². The van der Waals surface area contributed by atoms with Gasteiger partial charge in [-0.15, -0.1) is 0 Å². The van der Waals surface area contributed by atoms with E-state index in [9.17, 15) is 4.39 Å². The lowest BCUT2D eigenvalue weighted by atomic mass is 9.94. The molecular weight excluding hydrogens is 353 g/mol. The van der Waals surface area contributed by atoms with Crippen LogP contribution in [0.2, 0.25) is 0 Å². The van der Waals surface area contributed by atoms with Crippen molar-refractivity contribution < 1.29 is 4.39 Å². The summed E-state index contributed by atoms with van der Waals surface area (Å²) in [4.78, 5) is 16.5. The van der Waals surface area contributed by atoms with Gasteiger partial charge in [0.25, 0.3) is 0 Å². The SMILES string of the molecule is CCCC(F)(CC)CNc1ncc2c(C3=Cc4cnccc4C3C)c[nH]c2n1. The Morgan fingerprint density at radius 3 is 2.89 bits per heavy atom. The fourth-order valence-corrected chi connectivity index (χ4v) is 4.01. The first-order valence-electron chi connectivity index (χ1n) is 9.97. The van der Waals surface area contributed by atoms with Crippen LogP contribution in [0.5, 0.6) is 0 Å². The Hall–Kier alpha value is -2.76. The van der Waals surface area contributed by atoms with Crippen molar-refractivity contribution >= 4 is 28.6 Å². The zero-order chi connectivity index (χ0) is 19.7. The lowest BCUT2D eigenvalue weighted by Gasteiger charge is -2.23. The topological polar surface area (TPSA) is 66.5 Å². The predicted octanol–water partition coefficient (Wildman–Crippen LogP) is 5.34. The summed E-state index contributed by atoms with van der Waals surface area (Å²) in [6.07, 6.45) is 11.5. The molecule has 1 aliphatic carbocycles. The second-order valence-corrected chi connectivity index (χ2v) is 7.59. The summed E-state index contributed by atoms with van der Waals surface area (Å²) < 4.78 is 14.8. The number of allylic oxidation sites excluding steroid dienone is 1. The average molecular weight is 379 g/mol. The standard InChI is InChI=1S/C22H26FN5/c1-4-7-22(23,5-2)13-27-21-26-12-19-18(11-25-20(19)28-21)17-9-15-10-24-8-6-16(15)14(17)3/h6,8-12,14H,4-5,7,13H2,1-3H3,(H2,25,26,27,28). The molecule has 146 valence electrons. The van der Waals surface area contributed by atoms with Crippen LogP contribution in [-0.2, 0) is 0 Å². The molecule has 0 amide bonds. The Morgan fingerprint density at radius 2 is 2.14 bits per heavy atom. The van der Waals surface area contributed by atoms with E-state index in [0.717, 1.165) is 28.6 Å². The van der Waals surface area contributed by atoms with Crippen LogP contribution in [0.15, 0.2) is 30.9 Å². The van der Waals surface area contributed by atoms with Gasteiger partial charge in [0.1, 0.15) is 11.3 Å². The number of H-pyrrole nitrogens is 1. The third kappa shape index (κ3) is 3.28. The van der Waals surface area contributed by atoms with Gasteiger partial charge in [0.05, 0.1) is 6.54 Å². The van der Waals surface area contributed by atoms with Gasteiger partial charge in [-0.05, 0) is 41.7 Å². The molecule has 2 unspecified atom stereocenters. The highest BCUT2D eigenvalue weighted by atomic mass is 19.1. The van der Waals surface area contributed by atoms with Crippen LogP contribution in [0.3, 0.4) is 0 Å². The van der Waals surface area contributed by atoms with Gasteiger partial charge >= 0.3 is 0 Å². The van der Waals surface area contributed by atoms with Crippen molar-refractivity contribution in [1.29, 1.82) is 0 Å². The lowest BCUT2D eigenvalue weighted by Crippen LogP contribution is -2.31. The van der Waals surface area contributed by atoms with E-state index < -0.39 is 5.67 Å². The molecule has 0 fully saturated rings. The molecule has 3 aromatic heterocycles. The maximum atomic E-state index is 14.8. The Labute approximate surface area is 164 Å². The molecule has 2 atom stereocenters. The fraction of sp³-hybridized carbons (Fsp3) is 0.409. The maximum absolute atomic E-state index is 14.8. The van der Waals surface area contributed by atoms with Crippen molar-refractivity contribution in [1.82, 2.24) is 19.9 Å². The van der Waals surface area contributed by atoms with Crippen LogP contribution < -0.4 is 5.32 Å². The molecule has 0 saturated heterocycles. The molecule has 5 nitrogen and oxygen atoms in total. The molecule has 4 rings (SSSR count). The molecule has 0 bridgehead atoms. The third-order valence-electron chi connectivity index (χ3n) is 5.77. The molecule has 3 aromatic rings.